The van der Waals surface area contributed by atoms with E-state index in [1.807, 2.05) is 17.5 Å². The number of nitrogens with one attached hydrogen (secondary N) is 3. The summed E-state index contributed by atoms with van der Waals surface area (Å²) < 4.78 is 0. The normalized spacial score (nSPS) is 25.3. The maximum atomic E-state index is 11.9. The number of amides is 3. The Morgan fingerprint density at radius 2 is 2.05 bits per heavy atom. The predicted octanol–water partition coefficient (Wildman–Crippen LogP) is 0.635. The number of hydrogen-bond donors (Lipinski definition) is 3. The molecule has 1 fully saturated rings. The lowest BCUT2D eigenvalue weighted by molar-refractivity contribution is -0.904. The average Bonchev–Trinajstić information content (AvgIpc) is 2.87. The summed E-state index contributed by atoms with van der Waals surface area (Å²) in [6.45, 7) is 7.30. The highest BCUT2D eigenvalue weighted by molar-refractivity contribution is 7.09. The van der Waals surface area contributed by atoms with Gasteiger partial charge in [-0.25, -0.2) is 4.79 Å². The summed E-state index contributed by atoms with van der Waals surface area (Å²) in [6, 6.07) is 3.48. The summed E-state index contributed by atoms with van der Waals surface area (Å²) in [5, 5.41) is 7.08. The first-order valence-corrected chi connectivity index (χ1v) is 8.34. The number of likely N-dealkylation sites (tertiary alicyclic amines) is 1. The van der Waals surface area contributed by atoms with E-state index >= 15 is 0 Å². The van der Waals surface area contributed by atoms with Crippen molar-refractivity contribution >= 4 is 23.3 Å². The first-order chi connectivity index (χ1) is 10.0. The quantitative estimate of drug-likeness (QED) is 0.764. The van der Waals surface area contributed by atoms with Crippen molar-refractivity contribution in [2.24, 2.45) is 11.8 Å². The molecule has 1 aliphatic heterocycles. The lowest BCUT2D eigenvalue weighted by atomic mass is 9.92. The molecule has 3 N–H and O–H groups in total. The van der Waals surface area contributed by atoms with Gasteiger partial charge in [-0.2, -0.15) is 0 Å². The largest absolute Gasteiger partial charge is 0.333 e. The Morgan fingerprint density at radius 1 is 1.33 bits per heavy atom. The number of piperidine rings is 1. The van der Waals surface area contributed by atoms with Gasteiger partial charge in [0, 0.05) is 16.7 Å². The second-order valence-corrected chi connectivity index (χ2v) is 7.12. The van der Waals surface area contributed by atoms with Gasteiger partial charge in [0.05, 0.1) is 19.6 Å². The summed E-state index contributed by atoms with van der Waals surface area (Å²) in [5.41, 5.74) is 0. The standard InChI is InChI=1S/C15H23N3O2S/c1-11-6-12(2)9-18(8-11)10-14(19)17-15(20)16-7-13-4-3-5-21-13/h3-5,11-12H,6-10H2,1-2H3,(H2,16,17,19,20)/p+1/t11-,12-/m1/s1. The molecule has 2 atom stereocenters. The zero-order chi connectivity index (χ0) is 15.2. The molecule has 2 rings (SSSR count). The van der Waals surface area contributed by atoms with Crippen molar-refractivity contribution in [1.29, 1.82) is 0 Å². The van der Waals surface area contributed by atoms with E-state index < -0.39 is 6.03 Å². The molecule has 0 spiro atoms. The third-order valence-corrected chi connectivity index (χ3v) is 4.62. The molecule has 0 bridgehead atoms. The third kappa shape index (κ3) is 5.47. The van der Waals surface area contributed by atoms with Crippen LogP contribution < -0.4 is 15.5 Å². The highest BCUT2D eigenvalue weighted by Gasteiger charge is 2.27. The van der Waals surface area contributed by atoms with Gasteiger partial charge >= 0.3 is 6.03 Å². The molecule has 2 heterocycles. The SMILES string of the molecule is C[C@@H]1C[C@@H](C)C[NH+](CC(=O)NC(=O)NCc2cccs2)C1. The van der Waals surface area contributed by atoms with Crippen LogP contribution >= 0.6 is 11.3 Å². The van der Waals surface area contributed by atoms with Crippen LogP contribution in [0, 0.1) is 11.8 Å². The van der Waals surface area contributed by atoms with E-state index in [0.29, 0.717) is 24.9 Å². The van der Waals surface area contributed by atoms with Crippen LogP contribution in [0.15, 0.2) is 17.5 Å². The van der Waals surface area contributed by atoms with E-state index in [0.717, 1.165) is 18.0 Å². The summed E-state index contributed by atoms with van der Waals surface area (Å²) >= 11 is 1.58. The number of rotatable bonds is 4. The van der Waals surface area contributed by atoms with Gasteiger partial charge in [-0.1, -0.05) is 19.9 Å². The Morgan fingerprint density at radius 3 is 2.67 bits per heavy atom. The van der Waals surface area contributed by atoms with Crippen molar-refractivity contribution in [3.8, 4) is 0 Å². The number of carbonyl (C=O) groups is 2. The maximum Gasteiger partial charge on any atom is 0.321 e. The van der Waals surface area contributed by atoms with Gasteiger partial charge in [0.1, 0.15) is 0 Å². The maximum absolute atomic E-state index is 11.9. The van der Waals surface area contributed by atoms with Crippen LogP contribution in [0.25, 0.3) is 0 Å². The van der Waals surface area contributed by atoms with Crippen LogP contribution in [0.3, 0.4) is 0 Å². The van der Waals surface area contributed by atoms with Crippen molar-refractivity contribution in [3.05, 3.63) is 22.4 Å². The monoisotopic (exact) mass is 310 g/mol. The van der Waals surface area contributed by atoms with E-state index in [9.17, 15) is 9.59 Å². The average molecular weight is 310 g/mol. The van der Waals surface area contributed by atoms with Crippen molar-refractivity contribution in [2.45, 2.75) is 26.8 Å². The van der Waals surface area contributed by atoms with Crippen molar-refractivity contribution in [1.82, 2.24) is 10.6 Å². The van der Waals surface area contributed by atoms with Gasteiger partial charge in [-0.3, -0.25) is 10.1 Å². The highest BCUT2D eigenvalue weighted by Crippen LogP contribution is 2.11. The topological polar surface area (TPSA) is 62.6 Å². The lowest BCUT2D eigenvalue weighted by Crippen LogP contribution is -3.15. The highest BCUT2D eigenvalue weighted by atomic mass is 32.1. The van der Waals surface area contributed by atoms with Gasteiger partial charge < -0.3 is 10.2 Å². The fraction of sp³-hybridized carbons (Fsp3) is 0.600. The lowest BCUT2D eigenvalue weighted by Gasteiger charge is -2.31. The summed E-state index contributed by atoms with van der Waals surface area (Å²) in [5.74, 6) is 1.09. The zero-order valence-electron chi connectivity index (χ0n) is 12.6. The van der Waals surface area contributed by atoms with E-state index in [1.165, 1.54) is 11.3 Å². The molecule has 0 aliphatic carbocycles. The molecule has 0 saturated carbocycles. The number of quaternary nitrogens is 1. The molecule has 0 radical (unpaired) electrons. The minimum absolute atomic E-state index is 0.199. The third-order valence-electron chi connectivity index (χ3n) is 3.75. The second-order valence-electron chi connectivity index (χ2n) is 6.09. The van der Waals surface area contributed by atoms with Crippen molar-refractivity contribution in [3.63, 3.8) is 0 Å². The Kier molecular flexibility index (Phi) is 5.76. The Hall–Kier alpha value is -1.40. The number of hydrogen-bond acceptors (Lipinski definition) is 3. The van der Waals surface area contributed by atoms with E-state index in [2.05, 4.69) is 24.5 Å². The van der Waals surface area contributed by atoms with Crippen LogP contribution in [-0.2, 0) is 11.3 Å². The number of thiophene rings is 1. The van der Waals surface area contributed by atoms with Gasteiger partial charge in [0.25, 0.3) is 5.91 Å². The van der Waals surface area contributed by atoms with Gasteiger partial charge in [-0.15, -0.1) is 11.3 Å². The molecule has 6 heteroatoms. The molecular weight excluding hydrogens is 286 g/mol. The summed E-state index contributed by atoms with van der Waals surface area (Å²) in [7, 11) is 0. The Balaban J connectivity index is 1.69. The molecular formula is C15H24N3O2S+. The number of carbonyl (C=O) groups excluding carboxylic acids is 2. The molecule has 1 aromatic heterocycles. The minimum atomic E-state index is -0.411. The number of urea groups is 1. The van der Waals surface area contributed by atoms with Crippen molar-refractivity contribution < 1.29 is 14.5 Å². The number of imide groups is 1. The Labute approximate surface area is 129 Å². The van der Waals surface area contributed by atoms with E-state index in [4.69, 9.17) is 0 Å². The first kappa shape index (κ1) is 16.0. The molecule has 116 valence electrons. The first-order valence-electron chi connectivity index (χ1n) is 7.46. The van der Waals surface area contributed by atoms with Gasteiger partial charge in [0.15, 0.2) is 6.54 Å². The molecule has 0 unspecified atom stereocenters. The second kappa shape index (κ2) is 7.56. The van der Waals surface area contributed by atoms with E-state index in [-0.39, 0.29) is 5.91 Å². The van der Waals surface area contributed by atoms with Crippen LogP contribution in [-0.4, -0.2) is 31.6 Å². The van der Waals surface area contributed by atoms with Gasteiger partial charge in [0.2, 0.25) is 0 Å². The fourth-order valence-electron chi connectivity index (χ4n) is 3.09. The van der Waals surface area contributed by atoms with Crippen molar-refractivity contribution in [2.75, 3.05) is 19.6 Å². The molecule has 1 saturated heterocycles. The predicted molar refractivity (Wildman–Crippen MR) is 83.2 cm³/mol. The molecule has 0 aromatic carbocycles. The molecule has 3 amide bonds. The van der Waals surface area contributed by atoms with Crippen LogP contribution in [0.1, 0.15) is 25.1 Å². The minimum Gasteiger partial charge on any atom is -0.333 e. The zero-order valence-corrected chi connectivity index (χ0v) is 13.5. The van der Waals surface area contributed by atoms with Crippen LogP contribution in [0.2, 0.25) is 0 Å². The molecule has 21 heavy (non-hydrogen) atoms. The van der Waals surface area contributed by atoms with E-state index in [1.54, 1.807) is 11.3 Å². The van der Waals surface area contributed by atoms with Crippen LogP contribution in [0.4, 0.5) is 4.79 Å². The molecule has 1 aliphatic rings. The van der Waals surface area contributed by atoms with Gasteiger partial charge in [-0.05, 0) is 17.9 Å². The molecule has 1 aromatic rings. The summed E-state index contributed by atoms with van der Waals surface area (Å²) in [4.78, 5) is 25.9. The summed E-state index contributed by atoms with van der Waals surface area (Å²) in [6.07, 6.45) is 1.23. The molecule has 5 nitrogen and oxygen atoms in total. The fourth-order valence-corrected chi connectivity index (χ4v) is 3.73. The van der Waals surface area contributed by atoms with Crippen LogP contribution in [0.5, 0.6) is 0 Å². The smallest absolute Gasteiger partial charge is 0.321 e. The Bertz CT molecular complexity index is 465.